The SMILES string of the molecule is COc1cc(OC)cc(-c2nnc(S/C(=C\c3ccc(N4CCOCC4)o3)C(=O)O)o2)c1. The van der Waals surface area contributed by atoms with E-state index in [0.717, 1.165) is 24.9 Å². The molecule has 0 bridgehead atoms. The molecule has 0 aliphatic carbocycles. The van der Waals surface area contributed by atoms with Gasteiger partial charge >= 0.3 is 5.97 Å². The van der Waals surface area contributed by atoms with Crippen molar-refractivity contribution < 1.29 is 32.9 Å². The van der Waals surface area contributed by atoms with Crippen molar-refractivity contribution in [2.75, 3.05) is 45.4 Å². The number of carbonyl (C=O) groups is 1. The van der Waals surface area contributed by atoms with Gasteiger partial charge in [0.2, 0.25) is 5.89 Å². The number of methoxy groups -OCH3 is 2. The Bertz CT molecular complexity index is 1100. The van der Waals surface area contributed by atoms with Gasteiger partial charge in [0.1, 0.15) is 22.2 Å². The molecule has 1 fully saturated rings. The Morgan fingerprint density at radius 3 is 2.47 bits per heavy atom. The van der Waals surface area contributed by atoms with Crippen molar-refractivity contribution >= 4 is 29.7 Å². The van der Waals surface area contributed by atoms with Crippen molar-refractivity contribution in [1.29, 1.82) is 0 Å². The van der Waals surface area contributed by atoms with Crippen LogP contribution in [-0.4, -0.2) is 61.8 Å². The van der Waals surface area contributed by atoms with Gasteiger partial charge in [0.15, 0.2) is 5.88 Å². The molecule has 0 radical (unpaired) electrons. The molecule has 0 amide bonds. The van der Waals surface area contributed by atoms with Crippen LogP contribution in [0.5, 0.6) is 11.5 Å². The van der Waals surface area contributed by atoms with E-state index >= 15 is 0 Å². The zero-order valence-corrected chi connectivity index (χ0v) is 18.3. The lowest BCUT2D eigenvalue weighted by Gasteiger charge is -2.26. The minimum atomic E-state index is -1.14. The molecule has 1 aliphatic heterocycles. The fourth-order valence-electron chi connectivity index (χ4n) is 3.03. The number of hydrogen-bond donors (Lipinski definition) is 1. The maximum Gasteiger partial charge on any atom is 0.342 e. The smallest absolute Gasteiger partial charge is 0.342 e. The lowest BCUT2D eigenvalue weighted by molar-refractivity contribution is -0.131. The predicted molar refractivity (Wildman–Crippen MR) is 116 cm³/mol. The number of furan rings is 1. The molecule has 4 rings (SSSR count). The van der Waals surface area contributed by atoms with Gasteiger partial charge in [-0.3, -0.25) is 0 Å². The van der Waals surface area contributed by atoms with Crippen LogP contribution >= 0.6 is 11.8 Å². The highest BCUT2D eigenvalue weighted by molar-refractivity contribution is 8.03. The molecule has 32 heavy (non-hydrogen) atoms. The summed E-state index contributed by atoms with van der Waals surface area (Å²) in [4.78, 5) is 13.8. The molecule has 1 N–H and O–H groups in total. The van der Waals surface area contributed by atoms with Crippen molar-refractivity contribution in [3.8, 4) is 23.0 Å². The van der Waals surface area contributed by atoms with Crippen LogP contribution in [0.3, 0.4) is 0 Å². The van der Waals surface area contributed by atoms with Crippen molar-refractivity contribution in [2.45, 2.75) is 5.22 Å². The third-order valence-corrected chi connectivity index (χ3v) is 5.47. The second-order valence-electron chi connectivity index (χ2n) is 6.67. The first kappa shape index (κ1) is 21.8. The summed E-state index contributed by atoms with van der Waals surface area (Å²) in [5.74, 6) is 1.28. The number of ether oxygens (including phenoxy) is 3. The molecule has 1 aliphatic rings. The van der Waals surface area contributed by atoms with Gasteiger partial charge in [0.05, 0.1) is 27.4 Å². The van der Waals surface area contributed by atoms with E-state index in [0.29, 0.717) is 41.9 Å². The summed E-state index contributed by atoms with van der Waals surface area (Å²) in [5, 5.41) is 17.7. The van der Waals surface area contributed by atoms with Gasteiger partial charge in [0, 0.05) is 36.9 Å². The Morgan fingerprint density at radius 1 is 1.09 bits per heavy atom. The van der Waals surface area contributed by atoms with Crippen molar-refractivity contribution in [3.05, 3.63) is 41.0 Å². The molecule has 168 valence electrons. The lowest BCUT2D eigenvalue weighted by Crippen LogP contribution is -2.35. The average Bonchev–Trinajstić information content (AvgIpc) is 3.49. The highest BCUT2D eigenvalue weighted by Gasteiger charge is 2.19. The van der Waals surface area contributed by atoms with Crippen LogP contribution in [0.4, 0.5) is 5.88 Å². The first-order valence-electron chi connectivity index (χ1n) is 9.68. The van der Waals surface area contributed by atoms with E-state index in [9.17, 15) is 9.90 Å². The number of benzene rings is 1. The fraction of sp³-hybridized carbons (Fsp3) is 0.286. The number of carboxylic acids is 1. The lowest BCUT2D eigenvalue weighted by atomic mass is 10.2. The van der Waals surface area contributed by atoms with Gasteiger partial charge in [0.25, 0.3) is 5.22 Å². The van der Waals surface area contributed by atoms with E-state index in [2.05, 4.69) is 10.2 Å². The first-order valence-corrected chi connectivity index (χ1v) is 10.5. The molecular weight excluding hydrogens is 438 g/mol. The molecule has 11 heteroatoms. The minimum absolute atomic E-state index is 0.0219. The predicted octanol–water partition coefficient (Wildman–Crippen LogP) is 3.40. The number of thioether (sulfide) groups is 1. The Labute approximate surface area is 187 Å². The summed E-state index contributed by atoms with van der Waals surface area (Å²) in [7, 11) is 3.08. The van der Waals surface area contributed by atoms with Gasteiger partial charge in [-0.25, -0.2) is 4.79 Å². The highest BCUT2D eigenvalue weighted by atomic mass is 32.2. The molecule has 2 aromatic heterocycles. The molecule has 1 aromatic carbocycles. The molecule has 1 saturated heterocycles. The monoisotopic (exact) mass is 459 g/mol. The molecule has 10 nitrogen and oxygen atoms in total. The van der Waals surface area contributed by atoms with Crippen LogP contribution in [0, 0.1) is 0 Å². The second-order valence-corrected chi connectivity index (χ2v) is 7.66. The van der Waals surface area contributed by atoms with Crippen LogP contribution in [0.25, 0.3) is 17.5 Å². The van der Waals surface area contributed by atoms with E-state index in [4.69, 9.17) is 23.0 Å². The van der Waals surface area contributed by atoms with E-state index in [1.807, 2.05) is 11.0 Å². The van der Waals surface area contributed by atoms with Crippen LogP contribution in [0.1, 0.15) is 5.76 Å². The van der Waals surface area contributed by atoms with Crippen molar-refractivity contribution in [3.63, 3.8) is 0 Å². The van der Waals surface area contributed by atoms with Crippen LogP contribution in [0.2, 0.25) is 0 Å². The van der Waals surface area contributed by atoms with E-state index in [1.165, 1.54) is 20.3 Å². The van der Waals surface area contributed by atoms with Crippen LogP contribution in [-0.2, 0) is 9.53 Å². The van der Waals surface area contributed by atoms with Gasteiger partial charge in [-0.15, -0.1) is 10.2 Å². The Kier molecular flexibility index (Phi) is 6.66. The maximum atomic E-state index is 11.8. The first-order chi connectivity index (χ1) is 15.6. The number of nitrogens with zero attached hydrogens (tertiary/aromatic N) is 3. The number of aromatic nitrogens is 2. The Hall–Kier alpha value is -3.44. The minimum Gasteiger partial charge on any atom is -0.497 e. The van der Waals surface area contributed by atoms with Gasteiger partial charge < -0.3 is 33.1 Å². The number of hydrogen-bond acceptors (Lipinski definition) is 10. The molecule has 0 saturated carbocycles. The molecule has 0 spiro atoms. The summed E-state index contributed by atoms with van der Waals surface area (Å²) in [6, 6.07) is 8.68. The van der Waals surface area contributed by atoms with E-state index in [-0.39, 0.29) is 16.0 Å². The summed E-state index contributed by atoms with van der Waals surface area (Å²) in [6.45, 7) is 2.69. The molecule has 0 unspecified atom stereocenters. The number of aliphatic carboxylic acids is 1. The maximum absolute atomic E-state index is 11.8. The number of rotatable bonds is 8. The van der Waals surface area contributed by atoms with Gasteiger partial charge in [-0.1, -0.05) is 0 Å². The Balaban J connectivity index is 1.53. The number of carboxylic acid groups (broad SMARTS) is 1. The largest absolute Gasteiger partial charge is 0.497 e. The van der Waals surface area contributed by atoms with Crippen molar-refractivity contribution in [1.82, 2.24) is 10.2 Å². The van der Waals surface area contributed by atoms with Crippen LogP contribution < -0.4 is 14.4 Å². The second kappa shape index (κ2) is 9.79. The average molecular weight is 459 g/mol. The quantitative estimate of drug-likeness (QED) is 0.394. The highest BCUT2D eigenvalue weighted by Crippen LogP contribution is 2.33. The summed E-state index contributed by atoms with van der Waals surface area (Å²) in [6.07, 6.45) is 1.43. The third kappa shape index (κ3) is 5.06. The summed E-state index contributed by atoms with van der Waals surface area (Å²) >= 11 is 0.837. The van der Waals surface area contributed by atoms with E-state index in [1.54, 1.807) is 24.3 Å². The molecular formula is C21H21N3O7S. The van der Waals surface area contributed by atoms with Crippen LogP contribution in [0.15, 0.2) is 49.3 Å². The summed E-state index contributed by atoms with van der Waals surface area (Å²) in [5.41, 5.74) is 0.586. The Morgan fingerprint density at radius 2 is 1.81 bits per heavy atom. The zero-order chi connectivity index (χ0) is 22.5. The summed E-state index contributed by atoms with van der Waals surface area (Å²) < 4.78 is 27.3. The van der Waals surface area contributed by atoms with Gasteiger partial charge in [-0.05, 0) is 30.0 Å². The van der Waals surface area contributed by atoms with E-state index < -0.39 is 5.97 Å². The molecule has 3 aromatic rings. The van der Waals surface area contributed by atoms with Gasteiger partial charge in [-0.2, -0.15) is 0 Å². The fourth-order valence-corrected chi connectivity index (χ4v) is 3.68. The molecule has 0 atom stereocenters. The van der Waals surface area contributed by atoms with Crippen molar-refractivity contribution in [2.24, 2.45) is 0 Å². The topological polar surface area (TPSA) is 120 Å². The number of anilines is 1. The third-order valence-electron chi connectivity index (χ3n) is 4.62. The molecule has 3 heterocycles. The number of morpholine rings is 1. The standard InChI is InChI=1S/C21H21N3O7S/c1-27-15-9-13(10-16(11-15)28-2)19-22-23-21(31-19)32-17(20(25)26)12-14-3-4-18(30-14)24-5-7-29-8-6-24/h3-4,9-12H,5-8H2,1-2H3,(H,25,26)/b17-12-. The normalized spacial score (nSPS) is 14.4. The zero-order valence-electron chi connectivity index (χ0n) is 17.4.